The van der Waals surface area contributed by atoms with Crippen LogP contribution in [0.15, 0.2) is 41.7 Å². The number of para-hydroxylation sites is 1. The van der Waals surface area contributed by atoms with Gasteiger partial charge in [0.15, 0.2) is 5.16 Å². The molecule has 1 aromatic heterocycles. The van der Waals surface area contributed by atoms with Gasteiger partial charge in [-0.1, -0.05) is 30.0 Å². The summed E-state index contributed by atoms with van der Waals surface area (Å²) < 4.78 is 4.89. The summed E-state index contributed by atoms with van der Waals surface area (Å²) in [5.41, 5.74) is 1.16. The minimum Gasteiger partial charge on any atom is -0.461 e. The number of hydrogen-bond donors (Lipinski definition) is 1. The minimum absolute atomic E-state index is 0.0159. The van der Waals surface area contributed by atoms with E-state index in [1.165, 1.54) is 18.0 Å². The SMILES string of the molecule is CCOC(=O)c1cnc(SCC(=O)N(CC)c2ccccc2)[nH]1. The molecule has 1 N–H and O–H groups in total. The van der Waals surface area contributed by atoms with Gasteiger partial charge in [0.05, 0.1) is 18.6 Å². The Morgan fingerprint density at radius 1 is 1.26 bits per heavy atom. The smallest absolute Gasteiger partial charge is 0.356 e. The third kappa shape index (κ3) is 4.59. The van der Waals surface area contributed by atoms with Crippen molar-refractivity contribution in [1.29, 1.82) is 0 Å². The predicted molar refractivity (Wildman–Crippen MR) is 89.7 cm³/mol. The van der Waals surface area contributed by atoms with E-state index in [1.54, 1.807) is 11.8 Å². The number of nitrogens with one attached hydrogen (secondary N) is 1. The Bertz CT molecular complexity index is 658. The van der Waals surface area contributed by atoms with E-state index in [1.807, 2.05) is 37.3 Å². The van der Waals surface area contributed by atoms with Crippen molar-refractivity contribution in [3.05, 3.63) is 42.2 Å². The lowest BCUT2D eigenvalue weighted by Crippen LogP contribution is -2.32. The zero-order chi connectivity index (χ0) is 16.7. The van der Waals surface area contributed by atoms with Crippen LogP contribution in [0.5, 0.6) is 0 Å². The minimum atomic E-state index is -0.447. The van der Waals surface area contributed by atoms with Crippen LogP contribution in [0, 0.1) is 0 Å². The van der Waals surface area contributed by atoms with Gasteiger partial charge in [-0.25, -0.2) is 9.78 Å². The van der Waals surface area contributed by atoms with Crippen LogP contribution < -0.4 is 4.90 Å². The molecule has 1 aromatic carbocycles. The number of ether oxygens (including phenoxy) is 1. The molecule has 0 unspecified atom stereocenters. The second-order valence-corrected chi connectivity index (χ2v) is 5.55. The molecule has 2 aromatic rings. The fourth-order valence-electron chi connectivity index (χ4n) is 2.01. The lowest BCUT2D eigenvalue weighted by Gasteiger charge is -2.20. The van der Waals surface area contributed by atoms with Gasteiger partial charge in [-0.2, -0.15) is 0 Å². The molecule has 7 heteroatoms. The summed E-state index contributed by atoms with van der Waals surface area (Å²) in [6.07, 6.45) is 1.42. The van der Waals surface area contributed by atoms with Crippen molar-refractivity contribution in [2.24, 2.45) is 0 Å². The van der Waals surface area contributed by atoms with Gasteiger partial charge in [0.2, 0.25) is 5.91 Å². The number of carbonyl (C=O) groups excluding carboxylic acids is 2. The number of benzene rings is 1. The molecule has 2 rings (SSSR count). The third-order valence-electron chi connectivity index (χ3n) is 3.07. The Balaban J connectivity index is 1.94. The highest BCUT2D eigenvalue weighted by molar-refractivity contribution is 7.99. The van der Waals surface area contributed by atoms with Gasteiger partial charge < -0.3 is 14.6 Å². The van der Waals surface area contributed by atoms with Crippen molar-refractivity contribution in [3.63, 3.8) is 0 Å². The number of carbonyl (C=O) groups is 2. The molecule has 0 saturated heterocycles. The molecule has 0 fully saturated rings. The number of nitrogens with zero attached hydrogens (tertiary/aromatic N) is 2. The zero-order valence-electron chi connectivity index (χ0n) is 13.1. The zero-order valence-corrected chi connectivity index (χ0v) is 13.9. The standard InChI is InChI=1S/C16H19N3O3S/c1-3-19(12-8-6-5-7-9-12)14(20)11-23-16-17-10-13(18-16)15(21)22-4-2/h5-10H,3-4,11H2,1-2H3,(H,17,18). The fraction of sp³-hybridized carbons (Fsp3) is 0.312. The maximum atomic E-state index is 12.4. The van der Waals surface area contributed by atoms with E-state index in [9.17, 15) is 9.59 Å². The van der Waals surface area contributed by atoms with Crippen molar-refractivity contribution in [1.82, 2.24) is 9.97 Å². The van der Waals surface area contributed by atoms with Crippen molar-refractivity contribution in [2.75, 3.05) is 23.8 Å². The maximum absolute atomic E-state index is 12.4. The summed E-state index contributed by atoms with van der Waals surface area (Å²) in [5, 5.41) is 0.519. The van der Waals surface area contributed by atoms with Gasteiger partial charge in [0, 0.05) is 12.2 Å². The van der Waals surface area contributed by atoms with Crippen molar-refractivity contribution >= 4 is 29.3 Å². The molecule has 0 aliphatic rings. The molecule has 0 aliphatic carbocycles. The molecule has 23 heavy (non-hydrogen) atoms. The molecule has 1 heterocycles. The summed E-state index contributed by atoms with van der Waals surface area (Å²) in [5.74, 6) is -0.228. The monoisotopic (exact) mass is 333 g/mol. The van der Waals surface area contributed by atoms with Crippen LogP contribution in [0.1, 0.15) is 24.3 Å². The topological polar surface area (TPSA) is 75.3 Å². The van der Waals surface area contributed by atoms with Gasteiger partial charge >= 0.3 is 5.97 Å². The normalized spacial score (nSPS) is 10.3. The lowest BCUT2D eigenvalue weighted by atomic mass is 10.3. The van der Waals surface area contributed by atoms with Crippen LogP contribution in [-0.4, -0.2) is 40.7 Å². The first kappa shape index (κ1) is 17.1. The highest BCUT2D eigenvalue weighted by Crippen LogP contribution is 2.18. The van der Waals surface area contributed by atoms with Crippen molar-refractivity contribution in [3.8, 4) is 0 Å². The number of anilines is 1. The average molecular weight is 333 g/mol. The van der Waals surface area contributed by atoms with E-state index in [-0.39, 0.29) is 17.4 Å². The quantitative estimate of drug-likeness (QED) is 0.623. The Hall–Kier alpha value is -2.28. The van der Waals surface area contributed by atoms with Crippen LogP contribution in [0.25, 0.3) is 0 Å². The largest absolute Gasteiger partial charge is 0.461 e. The van der Waals surface area contributed by atoms with Crippen LogP contribution in [0.3, 0.4) is 0 Å². The molecule has 122 valence electrons. The number of thioether (sulfide) groups is 1. The maximum Gasteiger partial charge on any atom is 0.356 e. The Morgan fingerprint density at radius 3 is 2.65 bits per heavy atom. The summed E-state index contributed by atoms with van der Waals surface area (Å²) >= 11 is 1.26. The first-order valence-electron chi connectivity index (χ1n) is 7.36. The lowest BCUT2D eigenvalue weighted by molar-refractivity contribution is -0.116. The van der Waals surface area contributed by atoms with Gasteiger partial charge in [0.25, 0.3) is 0 Å². The third-order valence-corrected chi connectivity index (χ3v) is 3.94. The van der Waals surface area contributed by atoms with E-state index < -0.39 is 5.97 Å². The summed E-state index contributed by atoms with van der Waals surface area (Å²) in [6, 6.07) is 9.51. The molecule has 6 nitrogen and oxygen atoms in total. The van der Waals surface area contributed by atoms with Gasteiger partial charge in [-0.05, 0) is 26.0 Å². The van der Waals surface area contributed by atoms with Crippen LogP contribution in [-0.2, 0) is 9.53 Å². The van der Waals surface area contributed by atoms with Crippen molar-refractivity contribution < 1.29 is 14.3 Å². The fourth-order valence-corrected chi connectivity index (χ4v) is 2.73. The molecule has 0 saturated carbocycles. The van der Waals surface area contributed by atoms with E-state index >= 15 is 0 Å². The molecule has 0 bridgehead atoms. The number of aromatic nitrogens is 2. The highest BCUT2D eigenvalue weighted by atomic mass is 32.2. The number of H-pyrrole nitrogens is 1. The Kier molecular flexibility index (Phi) is 6.22. The van der Waals surface area contributed by atoms with Gasteiger partial charge in [-0.3, -0.25) is 4.79 Å². The number of hydrogen-bond acceptors (Lipinski definition) is 5. The molecule has 1 amide bonds. The number of rotatable bonds is 7. The van der Waals surface area contributed by atoms with Gasteiger partial charge in [-0.15, -0.1) is 0 Å². The molecule has 0 radical (unpaired) electrons. The molecule has 0 aliphatic heterocycles. The summed E-state index contributed by atoms with van der Waals surface area (Å²) in [4.78, 5) is 32.6. The number of esters is 1. The van der Waals surface area contributed by atoms with E-state index in [4.69, 9.17) is 4.74 Å². The first-order valence-corrected chi connectivity index (χ1v) is 8.34. The molecular weight excluding hydrogens is 314 g/mol. The number of amides is 1. The Morgan fingerprint density at radius 2 is 2.00 bits per heavy atom. The Labute approximate surface area is 139 Å². The highest BCUT2D eigenvalue weighted by Gasteiger charge is 2.16. The second-order valence-electron chi connectivity index (χ2n) is 4.58. The van der Waals surface area contributed by atoms with Crippen LogP contribution in [0.2, 0.25) is 0 Å². The predicted octanol–water partition coefficient (Wildman–Crippen LogP) is 2.73. The first-order chi connectivity index (χ1) is 11.2. The van der Waals surface area contributed by atoms with Crippen LogP contribution >= 0.6 is 11.8 Å². The average Bonchev–Trinajstić information content (AvgIpc) is 3.04. The van der Waals surface area contributed by atoms with E-state index in [0.717, 1.165) is 5.69 Å². The summed E-state index contributed by atoms with van der Waals surface area (Å²) in [6.45, 7) is 4.57. The van der Waals surface area contributed by atoms with E-state index in [2.05, 4.69) is 9.97 Å². The number of imidazole rings is 1. The van der Waals surface area contributed by atoms with E-state index in [0.29, 0.717) is 18.3 Å². The summed E-state index contributed by atoms with van der Waals surface area (Å²) in [7, 11) is 0. The van der Waals surface area contributed by atoms with Gasteiger partial charge in [0.1, 0.15) is 5.69 Å². The molecule has 0 atom stereocenters. The molecule has 0 spiro atoms. The van der Waals surface area contributed by atoms with Crippen LogP contribution in [0.4, 0.5) is 5.69 Å². The van der Waals surface area contributed by atoms with Crippen molar-refractivity contribution in [2.45, 2.75) is 19.0 Å². The number of aromatic amines is 1. The second kappa shape index (κ2) is 8.38. The molecular formula is C16H19N3O3S.